The highest BCUT2D eigenvalue weighted by atomic mass is 16.5. The third kappa shape index (κ3) is 5.44. The molecule has 38 heavy (non-hydrogen) atoms. The number of nitrogens with one attached hydrogen (secondary N) is 1. The van der Waals surface area contributed by atoms with Crippen molar-refractivity contribution >= 4 is 35.1 Å². The lowest BCUT2D eigenvalue weighted by Gasteiger charge is -2.25. The van der Waals surface area contributed by atoms with Crippen LogP contribution in [-0.4, -0.2) is 30.3 Å². The first-order chi connectivity index (χ1) is 18.4. The molecule has 2 fully saturated rings. The Morgan fingerprint density at radius 1 is 0.868 bits per heavy atom. The average Bonchev–Trinajstić information content (AvgIpc) is 3.17. The van der Waals surface area contributed by atoms with Gasteiger partial charge < -0.3 is 14.8 Å². The van der Waals surface area contributed by atoms with Gasteiger partial charge in [0.05, 0.1) is 23.1 Å². The normalized spacial score (nSPS) is 20.6. The van der Waals surface area contributed by atoms with E-state index in [1.54, 1.807) is 36.4 Å². The highest BCUT2D eigenvalue weighted by Gasteiger charge is 2.50. The van der Waals surface area contributed by atoms with Gasteiger partial charge in [-0.25, -0.2) is 4.79 Å². The van der Waals surface area contributed by atoms with Crippen LogP contribution in [-0.2, 0) is 19.1 Å². The summed E-state index contributed by atoms with van der Waals surface area (Å²) in [5.41, 5.74) is 1.02. The lowest BCUT2D eigenvalue weighted by Crippen LogP contribution is -2.31. The van der Waals surface area contributed by atoms with E-state index in [4.69, 9.17) is 9.47 Å². The number of carbonyl (C=O) groups excluding carboxylic acids is 4. The van der Waals surface area contributed by atoms with E-state index in [2.05, 4.69) is 12.2 Å². The Bertz CT molecular complexity index is 1350. The summed E-state index contributed by atoms with van der Waals surface area (Å²) in [4.78, 5) is 52.1. The van der Waals surface area contributed by atoms with Crippen LogP contribution in [0.1, 0.15) is 36.5 Å². The molecule has 0 unspecified atom stereocenters. The number of imide groups is 1. The SMILES string of the molecule is C[C@@H]1CC[C@H]2C(=O)N(c3cccc(C(=O)OCC(=O)Nc4ccc(Oc5ccccc5)cc4)c3)C(=O)[C@H]2C1. The first-order valence-electron chi connectivity index (χ1n) is 12.7. The van der Waals surface area contributed by atoms with E-state index in [0.717, 1.165) is 6.42 Å². The molecule has 0 spiro atoms. The molecule has 0 aromatic heterocycles. The Hall–Kier alpha value is -4.46. The van der Waals surface area contributed by atoms with Crippen molar-refractivity contribution < 1.29 is 28.7 Å². The fourth-order valence-corrected chi connectivity index (χ4v) is 5.06. The van der Waals surface area contributed by atoms with Gasteiger partial charge in [0.25, 0.3) is 5.91 Å². The van der Waals surface area contributed by atoms with Gasteiger partial charge in [0.1, 0.15) is 11.5 Å². The fraction of sp³-hybridized carbons (Fsp3) is 0.267. The van der Waals surface area contributed by atoms with Crippen LogP contribution in [0, 0.1) is 17.8 Å². The fourth-order valence-electron chi connectivity index (χ4n) is 5.06. The smallest absolute Gasteiger partial charge is 0.338 e. The molecule has 8 nitrogen and oxygen atoms in total. The maximum absolute atomic E-state index is 13.0. The number of rotatable bonds is 7. The number of hydrogen-bond acceptors (Lipinski definition) is 6. The molecule has 1 aliphatic carbocycles. The number of fused-ring (bicyclic) bond motifs is 1. The van der Waals surface area contributed by atoms with Gasteiger partial charge >= 0.3 is 5.97 Å². The van der Waals surface area contributed by atoms with E-state index in [0.29, 0.717) is 41.6 Å². The quantitative estimate of drug-likeness (QED) is 0.345. The summed E-state index contributed by atoms with van der Waals surface area (Å²) in [6, 6.07) is 22.3. The molecular formula is C30H28N2O6. The van der Waals surface area contributed by atoms with Crippen LogP contribution in [0.3, 0.4) is 0 Å². The van der Waals surface area contributed by atoms with E-state index in [-0.39, 0.29) is 29.2 Å². The van der Waals surface area contributed by atoms with Crippen LogP contribution in [0.2, 0.25) is 0 Å². The molecule has 194 valence electrons. The van der Waals surface area contributed by atoms with Crippen LogP contribution in [0.4, 0.5) is 11.4 Å². The minimum Gasteiger partial charge on any atom is -0.457 e. The highest BCUT2D eigenvalue weighted by Crippen LogP contribution is 2.42. The lowest BCUT2D eigenvalue weighted by atomic mass is 9.76. The van der Waals surface area contributed by atoms with Gasteiger partial charge in [0.2, 0.25) is 11.8 Å². The van der Waals surface area contributed by atoms with Crippen LogP contribution in [0.5, 0.6) is 11.5 Å². The summed E-state index contributed by atoms with van der Waals surface area (Å²) in [6.45, 7) is 1.60. The van der Waals surface area contributed by atoms with Gasteiger partial charge in [0.15, 0.2) is 6.61 Å². The first kappa shape index (κ1) is 25.2. The number of carbonyl (C=O) groups is 4. The number of benzene rings is 3. The van der Waals surface area contributed by atoms with Crippen molar-refractivity contribution in [1.29, 1.82) is 0 Å². The highest BCUT2D eigenvalue weighted by molar-refractivity contribution is 6.22. The molecule has 1 aliphatic heterocycles. The van der Waals surface area contributed by atoms with Gasteiger partial charge in [-0.05, 0) is 79.8 Å². The number of esters is 1. The molecule has 8 heteroatoms. The number of amides is 3. The zero-order valence-electron chi connectivity index (χ0n) is 21.0. The van der Waals surface area contributed by atoms with Gasteiger partial charge in [0, 0.05) is 5.69 Å². The minimum absolute atomic E-state index is 0.154. The van der Waals surface area contributed by atoms with Gasteiger partial charge in [-0.1, -0.05) is 31.2 Å². The zero-order valence-corrected chi connectivity index (χ0v) is 21.0. The molecular weight excluding hydrogens is 484 g/mol. The molecule has 1 N–H and O–H groups in total. The molecule has 3 aromatic carbocycles. The molecule has 3 amide bonds. The number of para-hydroxylation sites is 1. The summed E-state index contributed by atoms with van der Waals surface area (Å²) in [7, 11) is 0. The predicted molar refractivity (Wildman–Crippen MR) is 141 cm³/mol. The van der Waals surface area contributed by atoms with Crippen molar-refractivity contribution in [2.75, 3.05) is 16.8 Å². The Balaban J connectivity index is 1.16. The zero-order chi connectivity index (χ0) is 26.6. The van der Waals surface area contributed by atoms with Crippen molar-refractivity contribution in [1.82, 2.24) is 0 Å². The summed E-state index contributed by atoms with van der Waals surface area (Å²) < 4.78 is 10.9. The topological polar surface area (TPSA) is 102 Å². The lowest BCUT2D eigenvalue weighted by molar-refractivity contribution is -0.122. The van der Waals surface area contributed by atoms with Crippen LogP contribution < -0.4 is 15.0 Å². The maximum atomic E-state index is 13.0. The van der Waals surface area contributed by atoms with E-state index in [1.165, 1.54) is 17.0 Å². The monoisotopic (exact) mass is 512 g/mol. The van der Waals surface area contributed by atoms with E-state index in [9.17, 15) is 19.2 Å². The maximum Gasteiger partial charge on any atom is 0.338 e. The van der Waals surface area contributed by atoms with Crippen LogP contribution in [0.25, 0.3) is 0 Å². The second-order valence-corrected chi connectivity index (χ2v) is 9.76. The Kier molecular flexibility index (Phi) is 7.22. The molecule has 3 atom stereocenters. The second kappa shape index (κ2) is 10.9. The Labute approximate surface area is 220 Å². The number of anilines is 2. The largest absolute Gasteiger partial charge is 0.457 e. The molecule has 3 aromatic rings. The molecule has 0 bridgehead atoms. The number of nitrogens with zero attached hydrogens (tertiary/aromatic N) is 1. The van der Waals surface area contributed by atoms with E-state index in [1.807, 2.05) is 30.3 Å². The van der Waals surface area contributed by atoms with Gasteiger partial charge in [-0.3, -0.25) is 19.3 Å². The first-order valence-corrected chi connectivity index (χ1v) is 12.7. The second-order valence-electron chi connectivity index (χ2n) is 9.76. The third-order valence-corrected chi connectivity index (χ3v) is 6.98. The summed E-state index contributed by atoms with van der Waals surface area (Å²) in [5.74, 6) is -0.528. The number of ether oxygens (including phenoxy) is 2. The van der Waals surface area contributed by atoms with Crippen LogP contribution in [0.15, 0.2) is 78.9 Å². The van der Waals surface area contributed by atoms with Crippen molar-refractivity contribution in [2.24, 2.45) is 17.8 Å². The minimum atomic E-state index is -0.723. The number of hydrogen-bond donors (Lipinski definition) is 1. The summed E-state index contributed by atoms with van der Waals surface area (Å²) in [5, 5.41) is 2.67. The molecule has 1 saturated heterocycles. The van der Waals surface area contributed by atoms with Crippen molar-refractivity contribution in [2.45, 2.75) is 26.2 Å². The Morgan fingerprint density at radius 3 is 2.34 bits per heavy atom. The predicted octanol–water partition coefficient (Wildman–Crippen LogP) is 5.20. The molecule has 1 saturated carbocycles. The molecule has 5 rings (SSSR count). The average molecular weight is 513 g/mol. The van der Waals surface area contributed by atoms with Crippen LogP contribution >= 0.6 is 0 Å². The molecule has 2 aliphatic rings. The molecule has 1 heterocycles. The van der Waals surface area contributed by atoms with Crippen molar-refractivity contribution in [3.63, 3.8) is 0 Å². The van der Waals surface area contributed by atoms with E-state index >= 15 is 0 Å². The third-order valence-electron chi connectivity index (χ3n) is 6.98. The van der Waals surface area contributed by atoms with Crippen molar-refractivity contribution in [3.05, 3.63) is 84.4 Å². The van der Waals surface area contributed by atoms with E-state index < -0.39 is 18.5 Å². The summed E-state index contributed by atoms with van der Waals surface area (Å²) >= 11 is 0. The standard InChI is InChI=1S/C30H28N2O6/c1-19-10-15-25-26(16-19)29(35)32(28(25)34)22-7-5-6-20(17-22)30(36)37-18-27(33)31-21-11-13-24(14-12-21)38-23-8-3-2-4-9-23/h2-9,11-14,17,19,25-26H,10,15-16,18H2,1H3,(H,31,33)/t19-,25-,26+/m1/s1. The Morgan fingerprint density at radius 2 is 1.58 bits per heavy atom. The molecule has 0 radical (unpaired) electrons. The van der Waals surface area contributed by atoms with Gasteiger partial charge in [-0.2, -0.15) is 0 Å². The summed E-state index contributed by atoms with van der Waals surface area (Å²) in [6.07, 6.45) is 2.33. The van der Waals surface area contributed by atoms with Gasteiger partial charge in [-0.15, -0.1) is 0 Å². The van der Waals surface area contributed by atoms with Crippen molar-refractivity contribution in [3.8, 4) is 11.5 Å².